The predicted octanol–water partition coefficient (Wildman–Crippen LogP) is 3.18. The van der Waals surface area contributed by atoms with Crippen molar-refractivity contribution >= 4 is 40.0 Å². The summed E-state index contributed by atoms with van der Waals surface area (Å²) < 4.78 is 15.6. The minimum Gasteiger partial charge on any atom is -0.364 e. The van der Waals surface area contributed by atoms with Gasteiger partial charge in [-0.25, -0.2) is 4.39 Å². The average molecular weight is 535 g/mol. The third-order valence-corrected chi connectivity index (χ3v) is 6.02. The molecule has 4 N–H and O–H groups in total. The van der Waals surface area contributed by atoms with Gasteiger partial charge in [0.2, 0.25) is 17.4 Å². The molecule has 10 nitrogen and oxygen atoms in total. The number of carbonyl (C=O) groups excluding carboxylic acids is 3. The molecule has 3 heterocycles. The highest BCUT2D eigenvalue weighted by Gasteiger charge is 2.40. The Hall–Kier alpha value is -4.80. The maximum Gasteiger partial charge on any atom is 0.269 e. The number of pyridine rings is 1. The standard InChI is InChI=1S/C26H25FN6O4.C2H6/c1-3-6-15(4-2)16-9-10-19-18(11-16)24(25(28)36)31-33(19)14-23(35)32-13-17(27)12-20(32)26(37)30-21-7-5-8-22(34)29-21;1-2/h3-11,17,20H,1-2,12-14H2,(H2,28,36)(H2,29,30,34,37);1-2H3/b15-6+;/t17-,20+;/m1./s1. The SMILES string of the molecule is C=C/C=C(\C=C)c1ccc2c(c1)c(C(N)=O)nn2CC(=O)N1C[C@H](F)C[C@H]1C(=O)Nc1cccc(=O)[nH]1.CC. The number of benzene rings is 1. The molecule has 0 unspecified atom stereocenters. The van der Waals surface area contributed by atoms with Gasteiger partial charge in [-0.1, -0.05) is 57.4 Å². The summed E-state index contributed by atoms with van der Waals surface area (Å²) >= 11 is 0. The van der Waals surface area contributed by atoms with Crippen LogP contribution in [0.4, 0.5) is 10.2 Å². The molecule has 39 heavy (non-hydrogen) atoms. The zero-order valence-electron chi connectivity index (χ0n) is 21.8. The number of rotatable bonds is 8. The molecule has 1 saturated heterocycles. The Morgan fingerprint density at radius 3 is 2.62 bits per heavy atom. The van der Waals surface area contributed by atoms with Gasteiger partial charge in [0, 0.05) is 17.9 Å². The van der Waals surface area contributed by atoms with Crippen molar-refractivity contribution in [3.63, 3.8) is 0 Å². The number of likely N-dealkylation sites (tertiary alicyclic amines) is 1. The van der Waals surface area contributed by atoms with Crippen molar-refractivity contribution in [2.45, 2.75) is 39.0 Å². The summed E-state index contributed by atoms with van der Waals surface area (Å²) in [6.07, 6.45) is 3.40. The second kappa shape index (κ2) is 12.6. The zero-order chi connectivity index (χ0) is 28.7. The number of nitrogens with zero attached hydrogens (tertiary/aromatic N) is 3. The summed E-state index contributed by atoms with van der Waals surface area (Å²) in [5.74, 6) is -1.84. The summed E-state index contributed by atoms with van der Waals surface area (Å²) in [4.78, 5) is 53.2. The van der Waals surface area contributed by atoms with Gasteiger partial charge in [-0.15, -0.1) is 0 Å². The molecule has 11 heteroatoms. The molecule has 1 aliphatic heterocycles. The van der Waals surface area contributed by atoms with Crippen molar-refractivity contribution in [3.8, 4) is 0 Å². The van der Waals surface area contributed by atoms with E-state index in [0.29, 0.717) is 10.9 Å². The normalized spacial score (nSPS) is 16.8. The van der Waals surface area contributed by atoms with Crippen molar-refractivity contribution < 1.29 is 18.8 Å². The highest BCUT2D eigenvalue weighted by molar-refractivity contribution is 6.05. The summed E-state index contributed by atoms with van der Waals surface area (Å²) in [5.41, 5.74) is 7.06. The fourth-order valence-electron chi connectivity index (χ4n) is 4.34. The van der Waals surface area contributed by atoms with Gasteiger partial charge in [0.15, 0.2) is 5.69 Å². The average Bonchev–Trinajstić information content (AvgIpc) is 3.49. The monoisotopic (exact) mass is 534 g/mol. The molecule has 3 amide bonds. The Balaban J connectivity index is 0.00000205. The van der Waals surface area contributed by atoms with Crippen molar-refractivity contribution in [1.82, 2.24) is 19.7 Å². The lowest BCUT2D eigenvalue weighted by Crippen LogP contribution is -2.44. The van der Waals surface area contributed by atoms with Crippen molar-refractivity contribution in [2.75, 3.05) is 11.9 Å². The van der Waals surface area contributed by atoms with Crippen LogP contribution in [-0.2, 0) is 16.1 Å². The molecule has 1 aliphatic rings. The second-order valence-corrected chi connectivity index (χ2v) is 8.48. The van der Waals surface area contributed by atoms with Crippen LogP contribution in [0.25, 0.3) is 16.5 Å². The van der Waals surface area contributed by atoms with E-state index in [4.69, 9.17) is 5.73 Å². The van der Waals surface area contributed by atoms with E-state index in [1.165, 1.54) is 22.9 Å². The largest absolute Gasteiger partial charge is 0.364 e. The third-order valence-electron chi connectivity index (χ3n) is 6.02. The summed E-state index contributed by atoms with van der Waals surface area (Å²) in [6, 6.07) is 8.31. The molecule has 3 aromatic rings. The molecule has 0 spiro atoms. The first-order valence-electron chi connectivity index (χ1n) is 12.4. The minimum atomic E-state index is -1.40. The number of allylic oxidation sites excluding steroid dienone is 4. The van der Waals surface area contributed by atoms with E-state index in [1.54, 1.807) is 36.4 Å². The lowest BCUT2D eigenvalue weighted by molar-refractivity contribution is -0.137. The maximum absolute atomic E-state index is 14.3. The number of alkyl halides is 1. The van der Waals surface area contributed by atoms with Gasteiger partial charge >= 0.3 is 0 Å². The van der Waals surface area contributed by atoms with E-state index in [1.807, 2.05) is 13.8 Å². The molecule has 1 aromatic carbocycles. The lowest BCUT2D eigenvalue weighted by Gasteiger charge is -2.23. The fraction of sp³-hybridized carbons (Fsp3) is 0.250. The summed E-state index contributed by atoms with van der Waals surface area (Å²) in [7, 11) is 0. The summed E-state index contributed by atoms with van der Waals surface area (Å²) in [6.45, 7) is 10.8. The van der Waals surface area contributed by atoms with Crippen LogP contribution in [0.2, 0.25) is 0 Å². The zero-order valence-corrected chi connectivity index (χ0v) is 21.8. The molecule has 2 aromatic heterocycles. The number of amides is 3. The van der Waals surface area contributed by atoms with Crippen LogP contribution in [0.1, 0.15) is 36.3 Å². The van der Waals surface area contributed by atoms with Gasteiger partial charge in [-0.05, 0) is 29.3 Å². The molecule has 2 atom stereocenters. The van der Waals surface area contributed by atoms with Gasteiger partial charge in [0.25, 0.3) is 5.91 Å². The molecule has 1 fully saturated rings. The molecule has 0 bridgehead atoms. The van der Waals surface area contributed by atoms with Crippen LogP contribution >= 0.6 is 0 Å². The fourth-order valence-corrected chi connectivity index (χ4v) is 4.34. The van der Waals surface area contributed by atoms with Crippen LogP contribution in [-0.4, -0.2) is 56.1 Å². The number of fused-ring (bicyclic) bond motifs is 1. The number of hydrogen-bond donors (Lipinski definition) is 3. The Labute approximate surface area is 224 Å². The quantitative estimate of drug-likeness (QED) is 0.381. The predicted molar refractivity (Wildman–Crippen MR) is 149 cm³/mol. The molecular weight excluding hydrogens is 503 g/mol. The Morgan fingerprint density at radius 2 is 1.97 bits per heavy atom. The highest BCUT2D eigenvalue weighted by Crippen LogP contribution is 2.26. The van der Waals surface area contributed by atoms with Crippen LogP contribution in [0.15, 0.2) is 72.6 Å². The molecule has 0 radical (unpaired) electrons. The van der Waals surface area contributed by atoms with Crippen molar-refractivity contribution in [3.05, 3.63) is 89.4 Å². The number of H-pyrrole nitrogens is 1. The first-order valence-corrected chi connectivity index (χ1v) is 12.4. The van der Waals surface area contributed by atoms with Gasteiger partial charge in [0.05, 0.1) is 12.1 Å². The number of primary amides is 1. The Bertz CT molecular complexity index is 1510. The topological polar surface area (TPSA) is 143 Å². The van der Waals surface area contributed by atoms with E-state index in [-0.39, 0.29) is 31.0 Å². The van der Waals surface area contributed by atoms with Crippen molar-refractivity contribution in [1.29, 1.82) is 0 Å². The Morgan fingerprint density at radius 1 is 1.23 bits per heavy atom. The Kier molecular flexibility index (Phi) is 9.32. The second-order valence-electron chi connectivity index (χ2n) is 8.48. The van der Waals surface area contributed by atoms with E-state index in [2.05, 4.69) is 28.6 Å². The van der Waals surface area contributed by atoms with E-state index in [9.17, 15) is 23.6 Å². The van der Waals surface area contributed by atoms with Gasteiger partial charge in [0.1, 0.15) is 24.6 Å². The number of hydrogen-bond acceptors (Lipinski definition) is 5. The number of nitrogens with one attached hydrogen (secondary N) is 2. The molecule has 0 saturated carbocycles. The lowest BCUT2D eigenvalue weighted by atomic mass is 10.0. The van der Waals surface area contributed by atoms with Gasteiger partial charge in [-0.3, -0.25) is 23.9 Å². The van der Waals surface area contributed by atoms with Crippen molar-refractivity contribution in [2.24, 2.45) is 5.73 Å². The first kappa shape index (κ1) is 28.8. The van der Waals surface area contributed by atoms with E-state index >= 15 is 0 Å². The summed E-state index contributed by atoms with van der Waals surface area (Å²) in [5, 5.41) is 7.18. The van der Waals surface area contributed by atoms with Gasteiger partial charge < -0.3 is 20.9 Å². The van der Waals surface area contributed by atoms with Gasteiger partial charge in [-0.2, -0.15) is 5.10 Å². The number of anilines is 1. The smallest absolute Gasteiger partial charge is 0.269 e. The van der Waals surface area contributed by atoms with Crippen LogP contribution in [0, 0.1) is 0 Å². The molecular formula is C28H31FN6O4. The van der Waals surface area contributed by atoms with E-state index in [0.717, 1.165) is 16.0 Å². The van der Waals surface area contributed by atoms with Crippen LogP contribution in [0.5, 0.6) is 0 Å². The highest BCUT2D eigenvalue weighted by atomic mass is 19.1. The number of carbonyl (C=O) groups is 3. The number of nitrogens with two attached hydrogens (primary N) is 1. The number of halogens is 1. The molecule has 4 rings (SSSR count). The number of aromatic amines is 1. The molecule has 0 aliphatic carbocycles. The van der Waals surface area contributed by atoms with E-state index < -0.39 is 35.5 Å². The van der Waals surface area contributed by atoms with Crippen LogP contribution in [0.3, 0.4) is 0 Å². The number of aromatic nitrogens is 3. The third kappa shape index (κ3) is 6.38. The van der Waals surface area contributed by atoms with Crippen LogP contribution < -0.4 is 16.6 Å². The first-order chi connectivity index (χ1) is 18.7. The molecule has 204 valence electrons. The maximum atomic E-state index is 14.3. The minimum absolute atomic E-state index is 0.0289.